The lowest BCUT2D eigenvalue weighted by molar-refractivity contribution is 0.397. The van der Waals surface area contributed by atoms with Gasteiger partial charge in [-0.3, -0.25) is 4.98 Å². The fourth-order valence-electron chi connectivity index (χ4n) is 4.04. The Bertz CT molecular complexity index is 934. The zero-order valence-corrected chi connectivity index (χ0v) is 14.6. The predicted octanol–water partition coefficient (Wildman–Crippen LogP) is 2.00. The van der Waals surface area contributed by atoms with Crippen molar-refractivity contribution in [3.63, 3.8) is 0 Å². The van der Waals surface area contributed by atoms with E-state index < -0.39 is 0 Å². The summed E-state index contributed by atoms with van der Waals surface area (Å²) < 4.78 is 5.22. The van der Waals surface area contributed by atoms with E-state index in [9.17, 15) is 0 Å². The topological polar surface area (TPSA) is 67.3 Å². The third-order valence-corrected chi connectivity index (χ3v) is 5.36. The highest BCUT2D eigenvalue weighted by molar-refractivity contribution is 5.75. The minimum absolute atomic E-state index is 0.595. The summed E-state index contributed by atoms with van der Waals surface area (Å²) in [5.74, 6) is 3.54. The number of hydrogen-bond acceptors (Lipinski definition) is 7. The van der Waals surface area contributed by atoms with E-state index in [-0.39, 0.29) is 0 Å². The average Bonchev–Trinajstić information content (AvgIpc) is 3.27. The van der Waals surface area contributed by atoms with Gasteiger partial charge in [0.05, 0.1) is 24.3 Å². The Kier molecular flexibility index (Phi) is 3.58. The molecule has 0 spiro atoms. The molecule has 2 unspecified atom stereocenters. The quantitative estimate of drug-likeness (QED) is 0.717. The van der Waals surface area contributed by atoms with Crippen LogP contribution in [0.1, 0.15) is 0 Å². The maximum Gasteiger partial charge on any atom is 0.228 e. The van der Waals surface area contributed by atoms with Gasteiger partial charge in [-0.05, 0) is 12.1 Å². The molecule has 26 heavy (non-hydrogen) atoms. The van der Waals surface area contributed by atoms with E-state index in [0.717, 1.165) is 49.0 Å². The third kappa shape index (κ3) is 2.60. The summed E-state index contributed by atoms with van der Waals surface area (Å²) in [5, 5.41) is 0. The van der Waals surface area contributed by atoms with Crippen molar-refractivity contribution >= 4 is 22.8 Å². The van der Waals surface area contributed by atoms with Crippen LogP contribution in [0.4, 0.5) is 11.8 Å². The number of anilines is 2. The molecular formula is C19H20N6O. The SMILES string of the molecule is COc1ccnc(N2CC3CN(c4cnc5ccccc5n4)CC3C2)n1. The van der Waals surface area contributed by atoms with Gasteiger partial charge in [-0.1, -0.05) is 12.1 Å². The molecule has 1 aromatic carbocycles. The Morgan fingerprint density at radius 1 is 0.885 bits per heavy atom. The standard InChI is InChI=1S/C19H20N6O/c1-26-18-6-7-20-19(23-18)25-11-13-9-24(10-14(13)12-25)17-8-21-15-4-2-3-5-16(15)22-17/h2-8,13-14H,9-12H2,1H3. The first kappa shape index (κ1) is 15.3. The van der Waals surface area contributed by atoms with Crippen LogP contribution in [-0.4, -0.2) is 53.2 Å². The highest BCUT2D eigenvalue weighted by Gasteiger charge is 2.41. The lowest BCUT2D eigenvalue weighted by atomic mass is 10.0. The number of methoxy groups -OCH3 is 1. The van der Waals surface area contributed by atoms with E-state index in [4.69, 9.17) is 9.72 Å². The summed E-state index contributed by atoms with van der Waals surface area (Å²) in [7, 11) is 1.63. The van der Waals surface area contributed by atoms with Crippen LogP contribution in [0.3, 0.4) is 0 Å². The molecule has 7 nitrogen and oxygen atoms in total. The highest BCUT2D eigenvalue weighted by Crippen LogP contribution is 2.35. The molecule has 2 atom stereocenters. The second-order valence-electron chi connectivity index (χ2n) is 6.95. The van der Waals surface area contributed by atoms with Crippen molar-refractivity contribution in [2.24, 2.45) is 11.8 Å². The number of nitrogens with zero attached hydrogens (tertiary/aromatic N) is 6. The average molecular weight is 348 g/mol. The van der Waals surface area contributed by atoms with Crippen LogP contribution in [0.15, 0.2) is 42.7 Å². The van der Waals surface area contributed by atoms with E-state index in [2.05, 4.69) is 24.8 Å². The summed E-state index contributed by atoms with van der Waals surface area (Å²) in [5.41, 5.74) is 1.89. The molecule has 0 saturated carbocycles. The zero-order chi connectivity index (χ0) is 17.5. The smallest absolute Gasteiger partial charge is 0.228 e. The molecule has 0 radical (unpaired) electrons. The molecule has 0 aliphatic carbocycles. The summed E-state index contributed by atoms with van der Waals surface area (Å²) in [6.07, 6.45) is 3.65. The van der Waals surface area contributed by atoms with Crippen molar-refractivity contribution in [2.45, 2.75) is 0 Å². The van der Waals surface area contributed by atoms with Crippen LogP contribution >= 0.6 is 0 Å². The van der Waals surface area contributed by atoms with E-state index >= 15 is 0 Å². The van der Waals surface area contributed by atoms with E-state index in [0.29, 0.717) is 17.7 Å². The Hall–Kier alpha value is -2.96. The normalized spacial score (nSPS) is 22.0. The summed E-state index contributed by atoms with van der Waals surface area (Å²) in [6, 6.07) is 9.79. The number of para-hydroxylation sites is 2. The van der Waals surface area contributed by atoms with Crippen molar-refractivity contribution in [1.82, 2.24) is 19.9 Å². The molecular weight excluding hydrogens is 328 g/mol. The highest BCUT2D eigenvalue weighted by atomic mass is 16.5. The number of fused-ring (bicyclic) bond motifs is 2. The Morgan fingerprint density at radius 2 is 1.62 bits per heavy atom. The van der Waals surface area contributed by atoms with Crippen LogP contribution < -0.4 is 14.5 Å². The summed E-state index contributed by atoms with van der Waals surface area (Å²) in [6.45, 7) is 3.93. The lowest BCUT2D eigenvalue weighted by Crippen LogP contribution is -2.30. The van der Waals surface area contributed by atoms with Crippen LogP contribution in [-0.2, 0) is 0 Å². The van der Waals surface area contributed by atoms with Gasteiger partial charge < -0.3 is 14.5 Å². The summed E-state index contributed by atoms with van der Waals surface area (Å²) in [4.78, 5) is 22.8. The van der Waals surface area contributed by atoms with E-state index in [1.54, 1.807) is 19.4 Å². The van der Waals surface area contributed by atoms with Gasteiger partial charge in [-0.25, -0.2) is 9.97 Å². The largest absolute Gasteiger partial charge is 0.481 e. The zero-order valence-electron chi connectivity index (χ0n) is 14.6. The molecule has 132 valence electrons. The molecule has 0 amide bonds. The predicted molar refractivity (Wildman–Crippen MR) is 99.5 cm³/mol. The molecule has 0 bridgehead atoms. The maximum absolute atomic E-state index is 5.22. The van der Waals surface area contributed by atoms with Gasteiger partial charge in [0, 0.05) is 50.3 Å². The minimum Gasteiger partial charge on any atom is -0.481 e. The monoisotopic (exact) mass is 348 g/mol. The lowest BCUT2D eigenvalue weighted by Gasteiger charge is -2.22. The molecule has 2 aliphatic heterocycles. The Morgan fingerprint density at radius 3 is 2.38 bits per heavy atom. The van der Waals surface area contributed by atoms with Gasteiger partial charge in [0.2, 0.25) is 11.8 Å². The molecule has 2 aliphatic rings. The Labute approximate surface area is 151 Å². The van der Waals surface area contributed by atoms with Crippen LogP contribution in [0, 0.1) is 11.8 Å². The van der Waals surface area contributed by atoms with Crippen LogP contribution in [0.2, 0.25) is 0 Å². The van der Waals surface area contributed by atoms with Crippen molar-refractivity contribution in [2.75, 3.05) is 43.1 Å². The number of rotatable bonds is 3. The fraction of sp³-hybridized carbons (Fsp3) is 0.368. The van der Waals surface area contributed by atoms with Crippen LogP contribution in [0.5, 0.6) is 5.88 Å². The Balaban J connectivity index is 1.31. The van der Waals surface area contributed by atoms with E-state index in [1.165, 1.54) is 0 Å². The number of benzene rings is 1. The second kappa shape index (κ2) is 6.09. The summed E-state index contributed by atoms with van der Waals surface area (Å²) >= 11 is 0. The molecule has 2 aromatic heterocycles. The molecule has 5 rings (SSSR count). The number of aromatic nitrogens is 4. The first-order valence-corrected chi connectivity index (χ1v) is 8.89. The first-order chi connectivity index (χ1) is 12.8. The van der Waals surface area contributed by atoms with Gasteiger partial charge >= 0.3 is 0 Å². The van der Waals surface area contributed by atoms with Crippen molar-refractivity contribution < 1.29 is 4.74 Å². The minimum atomic E-state index is 0.595. The van der Waals surface area contributed by atoms with Crippen molar-refractivity contribution in [3.8, 4) is 5.88 Å². The van der Waals surface area contributed by atoms with Gasteiger partial charge in [0.1, 0.15) is 5.82 Å². The van der Waals surface area contributed by atoms with Crippen LogP contribution in [0.25, 0.3) is 11.0 Å². The molecule has 3 aromatic rings. The van der Waals surface area contributed by atoms with Gasteiger partial charge in [0.15, 0.2) is 0 Å². The number of ether oxygens (including phenoxy) is 1. The number of hydrogen-bond donors (Lipinski definition) is 0. The van der Waals surface area contributed by atoms with Gasteiger partial charge in [0.25, 0.3) is 0 Å². The molecule has 7 heteroatoms. The van der Waals surface area contributed by atoms with Crippen molar-refractivity contribution in [1.29, 1.82) is 0 Å². The second-order valence-corrected chi connectivity index (χ2v) is 6.95. The first-order valence-electron chi connectivity index (χ1n) is 8.89. The molecule has 0 N–H and O–H groups in total. The molecule has 4 heterocycles. The molecule has 2 fully saturated rings. The van der Waals surface area contributed by atoms with Gasteiger partial charge in [-0.2, -0.15) is 4.98 Å². The van der Waals surface area contributed by atoms with Gasteiger partial charge in [-0.15, -0.1) is 0 Å². The fourth-order valence-corrected chi connectivity index (χ4v) is 4.04. The molecule has 2 saturated heterocycles. The maximum atomic E-state index is 5.22. The van der Waals surface area contributed by atoms with Crippen molar-refractivity contribution in [3.05, 3.63) is 42.7 Å². The third-order valence-electron chi connectivity index (χ3n) is 5.36. The van der Waals surface area contributed by atoms with E-state index in [1.807, 2.05) is 30.5 Å².